The average molecular weight is 356 g/mol. The van der Waals surface area contributed by atoms with Crippen LogP contribution in [-0.4, -0.2) is 58.2 Å². The molecular weight excluding hydrogens is 332 g/mol. The van der Waals surface area contributed by atoms with E-state index in [4.69, 9.17) is 9.47 Å². The Hall–Kier alpha value is -1.96. The molecule has 0 aliphatic carbocycles. The summed E-state index contributed by atoms with van der Waals surface area (Å²) in [6, 6.07) is 5.28. The van der Waals surface area contributed by atoms with Crippen LogP contribution in [0.4, 0.5) is 4.79 Å². The van der Waals surface area contributed by atoms with Gasteiger partial charge in [0.15, 0.2) is 11.5 Å². The molecule has 1 aliphatic rings. The molecule has 0 aromatic heterocycles. The number of sulfone groups is 1. The highest BCUT2D eigenvalue weighted by atomic mass is 32.2. The van der Waals surface area contributed by atoms with Gasteiger partial charge in [-0.25, -0.2) is 13.2 Å². The molecule has 0 unspecified atom stereocenters. The maximum absolute atomic E-state index is 12.2. The van der Waals surface area contributed by atoms with E-state index in [0.29, 0.717) is 44.0 Å². The van der Waals surface area contributed by atoms with E-state index < -0.39 is 9.84 Å². The van der Waals surface area contributed by atoms with Crippen molar-refractivity contribution in [3.63, 3.8) is 0 Å². The molecule has 1 aromatic carbocycles. The Kier molecular flexibility index (Phi) is 5.93. The predicted octanol–water partition coefficient (Wildman–Crippen LogP) is 1.42. The Balaban J connectivity index is 1.88. The van der Waals surface area contributed by atoms with E-state index in [9.17, 15) is 13.2 Å². The van der Waals surface area contributed by atoms with Crippen molar-refractivity contribution in [1.29, 1.82) is 0 Å². The van der Waals surface area contributed by atoms with Gasteiger partial charge in [0.25, 0.3) is 0 Å². The number of methoxy groups -OCH3 is 2. The summed E-state index contributed by atoms with van der Waals surface area (Å²) in [4.78, 5) is 13.9. The number of piperidine rings is 1. The first-order valence-corrected chi connectivity index (χ1v) is 9.73. The van der Waals surface area contributed by atoms with Gasteiger partial charge in [-0.3, -0.25) is 0 Å². The minimum absolute atomic E-state index is 0.184. The first kappa shape index (κ1) is 18.4. The predicted molar refractivity (Wildman–Crippen MR) is 91.2 cm³/mol. The monoisotopic (exact) mass is 356 g/mol. The van der Waals surface area contributed by atoms with Crippen LogP contribution < -0.4 is 14.8 Å². The molecule has 1 aliphatic heterocycles. The highest BCUT2D eigenvalue weighted by Crippen LogP contribution is 2.27. The van der Waals surface area contributed by atoms with Crippen molar-refractivity contribution in [2.24, 2.45) is 0 Å². The molecule has 134 valence electrons. The lowest BCUT2D eigenvalue weighted by atomic mass is 10.1. The van der Waals surface area contributed by atoms with Crippen molar-refractivity contribution in [3.05, 3.63) is 23.8 Å². The van der Waals surface area contributed by atoms with Crippen molar-refractivity contribution in [1.82, 2.24) is 10.2 Å². The first-order chi connectivity index (χ1) is 11.3. The second-order valence-electron chi connectivity index (χ2n) is 5.86. The van der Waals surface area contributed by atoms with E-state index in [0.717, 1.165) is 5.56 Å². The lowest BCUT2D eigenvalue weighted by molar-refractivity contribution is 0.186. The fourth-order valence-electron chi connectivity index (χ4n) is 2.77. The van der Waals surface area contributed by atoms with E-state index in [-0.39, 0.29) is 11.3 Å². The number of nitrogens with one attached hydrogen (secondary N) is 1. The fourth-order valence-corrected chi connectivity index (χ4v) is 3.83. The van der Waals surface area contributed by atoms with E-state index in [1.807, 2.05) is 12.1 Å². The van der Waals surface area contributed by atoms with Gasteiger partial charge in [0.1, 0.15) is 9.84 Å². The Morgan fingerprint density at radius 1 is 1.21 bits per heavy atom. The molecule has 0 atom stereocenters. The third-order valence-electron chi connectivity index (χ3n) is 4.23. The number of hydrogen-bond donors (Lipinski definition) is 1. The lowest BCUT2D eigenvalue weighted by Gasteiger charge is -2.31. The SMILES string of the molecule is COc1ccc(CNC(=O)N2CCC(S(C)(=O)=O)CC2)cc1OC. The van der Waals surface area contributed by atoms with Crippen LogP contribution in [0.2, 0.25) is 0 Å². The van der Waals surface area contributed by atoms with Crippen molar-refractivity contribution in [2.75, 3.05) is 33.6 Å². The second kappa shape index (κ2) is 7.74. The quantitative estimate of drug-likeness (QED) is 0.862. The number of hydrogen-bond acceptors (Lipinski definition) is 5. The number of amides is 2. The topological polar surface area (TPSA) is 84.9 Å². The number of rotatable bonds is 5. The molecule has 2 rings (SSSR count). The molecule has 1 fully saturated rings. The molecule has 0 spiro atoms. The van der Waals surface area contributed by atoms with Crippen LogP contribution in [0.3, 0.4) is 0 Å². The Bertz CT molecular complexity index is 682. The molecule has 24 heavy (non-hydrogen) atoms. The summed E-state index contributed by atoms with van der Waals surface area (Å²) < 4.78 is 33.5. The smallest absolute Gasteiger partial charge is 0.317 e. The van der Waals surface area contributed by atoms with E-state index in [1.165, 1.54) is 6.26 Å². The van der Waals surface area contributed by atoms with Crippen molar-refractivity contribution >= 4 is 15.9 Å². The second-order valence-corrected chi connectivity index (χ2v) is 8.19. The van der Waals surface area contributed by atoms with Crippen LogP contribution >= 0.6 is 0 Å². The molecule has 1 aromatic rings. The van der Waals surface area contributed by atoms with Crippen LogP contribution in [0.1, 0.15) is 18.4 Å². The number of likely N-dealkylation sites (tertiary alicyclic amines) is 1. The van der Waals surface area contributed by atoms with Gasteiger partial charge in [0.2, 0.25) is 0 Å². The summed E-state index contributed by atoms with van der Waals surface area (Å²) in [5, 5.41) is 2.51. The molecule has 0 radical (unpaired) electrons. The van der Waals surface area contributed by atoms with E-state index >= 15 is 0 Å². The highest BCUT2D eigenvalue weighted by Gasteiger charge is 2.28. The normalized spacial score (nSPS) is 15.9. The summed E-state index contributed by atoms with van der Waals surface area (Å²) in [7, 11) is 0.102. The maximum atomic E-state index is 12.2. The van der Waals surface area contributed by atoms with Gasteiger partial charge in [-0.15, -0.1) is 0 Å². The molecule has 0 saturated carbocycles. The molecule has 8 heteroatoms. The highest BCUT2D eigenvalue weighted by molar-refractivity contribution is 7.91. The summed E-state index contributed by atoms with van der Waals surface area (Å²) in [6.45, 7) is 1.27. The van der Waals surface area contributed by atoms with Crippen molar-refractivity contribution < 1.29 is 22.7 Å². The van der Waals surface area contributed by atoms with Crippen LogP contribution in [0.15, 0.2) is 18.2 Å². The van der Waals surface area contributed by atoms with Gasteiger partial charge >= 0.3 is 6.03 Å². The Morgan fingerprint density at radius 2 is 1.83 bits per heavy atom. The van der Waals surface area contributed by atoms with Gasteiger partial charge in [-0.05, 0) is 30.5 Å². The molecule has 7 nitrogen and oxygen atoms in total. The minimum atomic E-state index is -3.03. The largest absolute Gasteiger partial charge is 0.493 e. The van der Waals surface area contributed by atoms with E-state index in [2.05, 4.69) is 5.32 Å². The first-order valence-electron chi connectivity index (χ1n) is 7.77. The van der Waals surface area contributed by atoms with E-state index in [1.54, 1.807) is 25.2 Å². The zero-order valence-corrected chi connectivity index (χ0v) is 15.1. The van der Waals surface area contributed by atoms with Crippen molar-refractivity contribution in [2.45, 2.75) is 24.6 Å². The molecule has 1 N–H and O–H groups in total. The minimum Gasteiger partial charge on any atom is -0.493 e. The van der Waals surface area contributed by atoms with Gasteiger partial charge in [0.05, 0.1) is 19.5 Å². The molecule has 2 amide bonds. The molecule has 1 saturated heterocycles. The number of benzene rings is 1. The standard InChI is InChI=1S/C16H24N2O5S/c1-22-14-5-4-12(10-15(14)23-2)11-17-16(19)18-8-6-13(7-9-18)24(3,20)21/h4-5,10,13H,6-9,11H2,1-3H3,(H,17,19). The number of urea groups is 1. The molecule has 1 heterocycles. The number of nitrogens with zero attached hydrogens (tertiary/aromatic N) is 1. The summed E-state index contributed by atoms with van der Waals surface area (Å²) in [6.07, 6.45) is 2.23. The van der Waals surface area contributed by atoms with Gasteiger partial charge < -0.3 is 19.7 Å². The number of carbonyl (C=O) groups is 1. The van der Waals surface area contributed by atoms with Crippen LogP contribution in [-0.2, 0) is 16.4 Å². The maximum Gasteiger partial charge on any atom is 0.317 e. The average Bonchev–Trinajstić information content (AvgIpc) is 2.58. The Morgan fingerprint density at radius 3 is 2.38 bits per heavy atom. The Labute approximate surface area is 142 Å². The zero-order valence-electron chi connectivity index (χ0n) is 14.2. The van der Waals surface area contributed by atoms with Crippen LogP contribution in [0.25, 0.3) is 0 Å². The fraction of sp³-hybridized carbons (Fsp3) is 0.562. The summed E-state index contributed by atoms with van der Waals surface area (Å²) in [5.41, 5.74) is 0.895. The van der Waals surface area contributed by atoms with Crippen molar-refractivity contribution in [3.8, 4) is 11.5 Å². The molecular formula is C16H24N2O5S. The summed E-state index contributed by atoms with van der Waals surface area (Å²) in [5.74, 6) is 1.24. The van der Waals surface area contributed by atoms with Gasteiger partial charge in [-0.2, -0.15) is 0 Å². The third-order valence-corrected chi connectivity index (χ3v) is 5.91. The molecule has 0 bridgehead atoms. The van der Waals surface area contributed by atoms with Crippen LogP contribution in [0, 0.1) is 0 Å². The van der Waals surface area contributed by atoms with Gasteiger partial charge in [0, 0.05) is 25.9 Å². The zero-order chi connectivity index (χ0) is 17.7. The van der Waals surface area contributed by atoms with Gasteiger partial charge in [-0.1, -0.05) is 6.07 Å². The van der Waals surface area contributed by atoms with Crippen LogP contribution in [0.5, 0.6) is 11.5 Å². The number of carbonyl (C=O) groups excluding carboxylic acids is 1. The summed E-state index contributed by atoms with van der Waals surface area (Å²) >= 11 is 0. The number of ether oxygens (including phenoxy) is 2. The lowest BCUT2D eigenvalue weighted by Crippen LogP contribution is -2.46. The third kappa shape index (κ3) is 4.53.